The third-order valence-electron chi connectivity index (χ3n) is 2.81. The first kappa shape index (κ1) is 19.7. The maximum Gasteiger partial charge on any atom is 0.344 e. The highest BCUT2D eigenvalue weighted by Crippen LogP contribution is 2.33. The zero-order valence-corrected chi connectivity index (χ0v) is 15.5. The van der Waals surface area contributed by atoms with E-state index in [0.717, 1.165) is 0 Å². The fraction of sp³-hybridized carbons (Fsp3) is 0.125. The highest BCUT2D eigenvalue weighted by atomic mass is 35.5. The van der Waals surface area contributed by atoms with Gasteiger partial charge < -0.3 is 14.8 Å². The van der Waals surface area contributed by atoms with Crippen LogP contribution in [0, 0.1) is 0 Å². The Morgan fingerprint density at radius 3 is 2.08 bits per heavy atom. The van der Waals surface area contributed by atoms with Gasteiger partial charge in [0.1, 0.15) is 5.75 Å². The monoisotopic (exact) mass is 421 g/mol. The van der Waals surface area contributed by atoms with Crippen molar-refractivity contribution in [2.24, 2.45) is 0 Å². The van der Waals surface area contributed by atoms with Gasteiger partial charge in [-0.1, -0.05) is 46.4 Å². The third kappa shape index (κ3) is 6.29. The SMILES string of the molecule is O=C(COC(=O)COc1ccc(Cl)cc1)Nc1c(Cl)cc(Cl)cc1Cl. The Balaban J connectivity index is 1.79. The zero-order chi connectivity index (χ0) is 18.4. The summed E-state index contributed by atoms with van der Waals surface area (Å²) in [5, 5.41) is 3.67. The Hall–Kier alpha value is -1.66. The molecule has 0 bridgehead atoms. The van der Waals surface area contributed by atoms with Crippen LogP contribution in [0.4, 0.5) is 5.69 Å². The van der Waals surface area contributed by atoms with Gasteiger partial charge in [-0.3, -0.25) is 4.79 Å². The molecule has 0 unspecified atom stereocenters. The summed E-state index contributed by atoms with van der Waals surface area (Å²) in [5.74, 6) is -0.866. The van der Waals surface area contributed by atoms with E-state index in [1.807, 2.05) is 0 Å². The molecule has 1 N–H and O–H groups in total. The molecule has 0 aliphatic heterocycles. The molecule has 0 aliphatic rings. The zero-order valence-electron chi connectivity index (χ0n) is 12.5. The Morgan fingerprint density at radius 2 is 1.48 bits per heavy atom. The van der Waals surface area contributed by atoms with Crippen LogP contribution in [0.3, 0.4) is 0 Å². The van der Waals surface area contributed by atoms with Gasteiger partial charge >= 0.3 is 5.97 Å². The van der Waals surface area contributed by atoms with Crippen LogP contribution in [0.25, 0.3) is 0 Å². The van der Waals surface area contributed by atoms with Gasteiger partial charge in [0.2, 0.25) is 0 Å². The van der Waals surface area contributed by atoms with Crippen LogP contribution < -0.4 is 10.1 Å². The molecular weight excluding hydrogens is 412 g/mol. The minimum Gasteiger partial charge on any atom is -0.482 e. The van der Waals surface area contributed by atoms with Crippen molar-refractivity contribution in [1.82, 2.24) is 0 Å². The molecule has 9 heteroatoms. The highest BCUT2D eigenvalue weighted by molar-refractivity contribution is 6.42. The molecule has 2 rings (SSSR count). The fourth-order valence-electron chi connectivity index (χ4n) is 1.70. The fourth-order valence-corrected chi connectivity index (χ4v) is 2.74. The minimum absolute atomic E-state index is 0.170. The number of nitrogens with one attached hydrogen (secondary N) is 1. The molecule has 0 fully saturated rings. The Bertz CT molecular complexity index is 757. The lowest BCUT2D eigenvalue weighted by molar-refractivity contribution is -0.149. The lowest BCUT2D eigenvalue weighted by Gasteiger charge is -2.10. The van der Waals surface area contributed by atoms with Gasteiger partial charge in [0.25, 0.3) is 5.91 Å². The molecule has 25 heavy (non-hydrogen) atoms. The number of hydrogen-bond donors (Lipinski definition) is 1. The molecule has 2 aromatic rings. The minimum atomic E-state index is -0.710. The van der Waals surface area contributed by atoms with E-state index < -0.39 is 18.5 Å². The number of esters is 1. The molecule has 0 saturated heterocycles. The van der Waals surface area contributed by atoms with E-state index in [1.165, 1.54) is 12.1 Å². The third-order valence-corrected chi connectivity index (χ3v) is 3.87. The van der Waals surface area contributed by atoms with Crippen molar-refractivity contribution in [2.45, 2.75) is 0 Å². The van der Waals surface area contributed by atoms with Gasteiger partial charge in [-0.2, -0.15) is 0 Å². The summed E-state index contributed by atoms with van der Waals surface area (Å²) < 4.78 is 10.0. The normalized spacial score (nSPS) is 10.2. The predicted octanol–water partition coefficient (Wildman–Crippen LogP) is 4.86. The van der Waals surface area contributed by atoms with E-state index in [-0.39, 0.29) is 22.3 Å². The first-order valence-electron chi connectivity index (χ1n) is 6.83. The van der Waals surface area contributed by atoms with Gasteiger partial charge in [0, 0.05) is 10.0 Å². The lowest BCUT2D eigenvalue weighted by atomic mass is 10.3. The van der Waals surface area contributed by atoms with E-state index in [0.29, 0.717) is 15.8 Å². The van der Waals surface area contributed by atoms with E-state index in [9.17, 15) is 9.59 Å². The molecular formula is C16H11Cl4NO4. The Kier molecular flexibility index (Phi) is 7.20. The summed E-state index contributed by atoms with van der Waals surface area (Å²) in [6, 6.07) is 9.30. The van der Waals surface area contributed by atoms with Crippen LogP contribution in [0.5, 0.6) is 5.75 Å². The molecule has 0 atom stereocenters. The van der Waals surface area contributed by atoms with E-state index in [2.05, 4.69) is 5.32 Å². The number of halogens is 4. The summed E-state index contributed by atoms with van der Waals surface area (Å²) in [4.78, 5) is 23.4. The lowest BCUT2D eigenvalue weighted by Crippen LogP contribution is -2.23. The summed E-state index contributed by atoms with van der Waals surface area (Å²) in [6.07, 6.45) is 0. The molecule has 2 aromatic carbocycles. The van der Waals surface area contributed by atoms with E-state index in [4.69, 9.17) is 55.9 Å². The molecule has 0 aliphatic carbocycles. The molecule has 0 heterocycles. The number of amides is 1. The summed E-state index contributed by atoms with van der Waals surface area (Å²) in [6.45, 7) is -0.866. The number of benzene rings is 2. The number of anilines is 1. The number of hydrogen-bond acceptors (Lipinski definition) is 4. The predicted molar refractivity (Wildman–Crippen MR) is 98.0 cm³/mol. The maximum absolute atomic E-state index is 11.8. The van der Waals surface area contributed by atoms with Gasteiger partial charge in [-0.15, -0.1) is 0 Å². The van der Waals surface area contributed by atoms with Crippen LogP contribution in [0.1, 0.15) is 0 Å². The van der Waals surface area contributed by atoms with Crippen molar-refractivity contribution in [3.63, 3.8) is 0 Å². The largest absolute Gasteiger partial charge is 0.482 e. The van der Waals surface area contributed by atoms with Crippen LogP contribution >= 0.6 is 46.4 Å². The smallest absolute Gasteiger partial charge is 0.344 e. The maximum atomic E-state index is 11.8. The van der Waals surface area contributed by atoms with Crippen molar-refractivity contribution in [3.05, 3.63) is 56.5 Å². The summed E-state index contributed by atoms with van der Waals surface area (Å²) >= 11 is 23.4. The Morgan fingerprint density at radius 1 is 0.880 bits per heavy atom. The highest BCUT2D eigenvalue weighted by Gasteiger charge is 2.13. The van der Waals surface area contributed by atoms with Crippen molar-refractivity contribution in [3.8, 4) is 5.75 Å². The van der Waals surface area contributed by atoms with E-state index >= 15 is 0 Å². The number of carbonyl (C=O) groups is 2. The summed E-state index contributed by atoms with van der Waals surface area (Å²) in [7, 11) is 0. The second-order valence-electron chi connectivity index (χ2n) is 4.70. The van der Waals surface area contributed by atoms with Gasteiger partial charge in [0.15, 0.2) is 13.2 Å². The van der Waals surface area contributed by atoms with Gasteiger partial charge in [0.05, 0.1) is 15.7 Å². The van der Waals surface area contributed by atoms with Crippen molar-refractivity contribution < 1.29 is 19.1 Å². The van der Waals surface area contributed by atoms with Gasteiger partial charge in [-0.05, 0) is 36.4 Å². The molecule has 132 valence electrons. The molecule has 5 nitrogen and oxygen atoms in total. The quantitative estimate of drug-likeness (QED) is 0.675. The van der Waals surface area contributed by atoms with Gasteiger partial charge in [-0.25, -0.2) is 4.79 Å². The number of rotatable bonds is 6. The molecule has 0 saturated carbocycles. The van der Waals surface area contributed by atoms with Crippen molar-refractivity contribution in [1.29, 1.82) is 0 Å². The molecule has 0 spiro atoms. The van der Waals surface area contributed by atoms with Crippen molar-refractivity contribution in [2.75, 3.05) is 18.5 Å². The first-order chi connectivity index (χ1) is 11.8. The number of carbonyl (C=O) groups excluding carboxylic acids is 2. The van der Waals surface area contributed by atoms with Crippen LogP contribution in [0.2, 0.25) is 20.1 Å². The molecule has 0 aromatic heterocycles. The Labute approximate surface area is 163 Å². The molecule has 1 amide bonds. The average Bonchev–Trinajstić information content (AvgIpc) is 2.55. The summed E-state index contributed by atoms with van der Waals surface area (Å²) in [5.41, 5.74) is 0.186. The van der Waals surface area contributed by atoms with Crippen LogP contribution in [-0.4, -0.2) is 25.1 Å². The van der Waals surface area contributed by atoms with Crippen LogP contribution in [-0.2, 0) is 14.3 Å². The second kappa shape index (κ2) is 9.15. The first-order valence-corrected chi connectivity index (χ1v) is 8.34. The second-order valence-corrected chi connectivity index (χ2v) is 6.38. The average molecular weight is 423 g/mol. The van der Waals surface area contributed by atoms with Crippen molar-refractivity contribution >= 4 is 64.0 Å². The molecule has 0 radical (unpaired) electrons. The topological polar surface area (TPSA) is 64.6 Å². The number of ether oxygens (including phenoxy) is 2. The van der Waals surface area contributed by atoms with E-state index in [1.54, 1.807) is 24.3 Å². The van der Waals surface area contributed by atoms with Crippen LogP contribution in [0.15, 0.2) is 36.4 Å². The standard InChI is InChI=1S/C16H11Cl4NO4/c17-9-1-3-11(4-2-9)24-8-15(23)25-7-14(22)21-16-12(19)5-10(18)6-13(16)20/h1-6H,7-8H2,(H,21,22).